The molecule has 2 atom stereocenters. The summed E-state index contributed by atoms with van der Waals surface area (Å²) in [6.07, 6.45) is -7.10. The van der Waals surface area contributed by atoms with E-state index in [4.69, 9.17) is 0 Å². The number of hydrogen-bond acceptors (Lipinski definition) is 4. The maximum absolute atomic E-state index is 12.7. The number of carbonyl (C=O) groups excluding carboxylic acids is 1. The van der Waals surface area contributed by atoms with E-state index in [2.05, 4.69) is 14.8 Å². The molecule has 0 aliphatic carbocycles. The highest BCUT2D eigenvalue weighted by Gasteiger charge is 2.42. The van der Waals surface area contributed by atoms with Crippen LogP contribution >= 0.6 is 0 Å². The molecule has 1 N–H and O–H groups in total. The molecule has 0 radical (unpaired) electrons. The van der Waals surface area contributed by atoms with Gasteiger partial charge in [0.2, 0.25) is 0 Å². The van der Waals surface area contributed by atoms with Crippen LogP contribution in [0.25, 0.3) is 0 Å². The molecule has 21 heavy (non-hydrogen) atoms. The minimum atomic E-state index is -4.53. The molecule has 1 aromatic rings. The van der Waals surface area contributed by atoms with Gasteiger partial charge in [0.05, 0.1) is 7.11 Å². The number of halogens is 3. The number of nitrogens with one attached hydrogen (secondary N) is 1. The molecule has 0 amide bonds. The number of benzene rings is 1. The third-order valence-electron chi connectivity index (χ3n) is 2.98. The van der Waals surface area contributed by atoms with Crippen LogP contribution in [0.2, 0.25) is 0 Å². The van der Waals surface area contributed by atoms with Gasteiger partial charge in [0, 0.05) is 20.1 Å². The van der Waals surface area contributed by atoms with E-state index in [-0.39, 0.29) is 6.54 Å². The summed E-state index contributed by atoms with van der Waals surface area (Å²) in [5, 5.41) is 2.77. The zero-order valence-corrected chi connectivity index (χ0v) is 11.8. The molecule has 4 nitrogen and oxygen atoms in total. The number of hydrogen-bond donors (Lipinski definition) is 1. The van der Waals surface area contributed by atoms with E-state index in [1.165, 1.54) is 0 Å². The lowest BCUT2D eigenvalue weighted by Gasteiger charge is -2.23. The third kappa shape index (κ3) is 5.73. The molecule has 0 saturated carbocycles. The van der Waals surface area contributed by atoms with Crippen molar-refractivity contribution in [2.75, 3.05) is 14.2 Å². The maximum atomic E-state index is 12.7. The molecule has 1 rings (SSSR count). The highest BCUT2D eigenvalue weighted by atomic mass is 19.4. The van der Waals surface area contributed by atoms with E-state index in [1.807, 2.05) is 6.07 Å². The lowest BCUT2D eigenvalue weighted by Crippen LogP contribution is -2.44. The first-order valence-electron chi connectivity index (χ1n) is 6.33. The molecule has 0 bridgehead atoms. The second-order valence-corrected chi connectivity index (χ2v) is 4.44. The molecule has 0 aliphatic heterocycles. The number of esters is 1. The van der Waals surface area contributed by atoms with Crippen molar-refractivity contribution >= 4 is 5.97 Å². The Kier molecular flexibility index (Phi) is 6.64. The van der Waals surface area contributed by atoms with Crippen LogP contribution in [0.15, 0.2) is 30.3 Å². The second kappa shape index (κ2) is 7.99. The number of methoxy groups -OCH3 is 2. The SMILES string of the molecule is COC(=O)C(CC(OC)C(F)(F)F)NCc1ccccc1. The maximum Gasteiger partial charge on any atom is 0.414 e. The topological polar surface area (TPSA) is 47.6 Å². The summed E-state index contributed by atoms with van der Waals surface area (Å²) in [4.78, 5) is 11.6. The Bertz CT molecular complexity index is 437. The van der Waals surface area contributed by atoms with Crippen LogP contribution in [-0.2, 0) is 20.8 Å². The van der Waals surface area contributed by atoms with Crippen molar-refractivity contribution in [1.29, 1.82) is 0 Å². The normalized spacial score (nSPS) is 14.5. The molecule has 0 aromatic heterocycles. The van der Waals surface area contributed by atoms with Gasteiger partial charge in [-0.3, -0.25) is 4.79 Å². The van der Waals surface area contributed by atoms with E-state index in [0.717, 1.165) is 19.8 Å². The standard InChI is InChI=1S/C14H18F3NO3/c1-20-12(14(15,16)17)8-11(13(19)21-2)18-9-10-6-4-3-5-7-10/h3-7,11-12,18H,8-9H2,1-2H3. The van der Waals surface area contributed by atoms with Gasteiger partial charge in [-0.05, 0) is 5.56 Å². The van der Waals surface area contributed by atoms with Gasteiger partial charge in [0.1, 0.15) is 6.04 Å². The predicted molar refractivity (Wildman–Crippen MR) is 70.6 cm³/mol. The number of alkyl halides is 3. The van der Waals surface area contributed by atoms with Crippen LogP contribution in [0.3, 0.4) is 0 Å². The Labute approximate surface area is 121 Å². The van der Waals surface area contributed by atoms with Crippen LogP contribution in [0.5, 0.6) is 0 Å². The Morgan fingerprint density at radius 3 is 2.33 bits per heavy atom. The van der Waals surface area contributed by atoms with Crippen molar-refractivity contribution in [3.8, 4) is 0 Å². The van der Waals surface area contributed by atoms with E-state index in [1.54, 1.807) is 24.3 Å². The smallest absolute Gasteiger partial charge is 0.414 e. The highest BCUT2D eigenvalue weighted by Crippen LogP contribution is 2.26. The molecule has 2 unspecified atom stereocenters. The predicted octanol–water partition coefficient (Wildman–Crippen LogP) is 2.29. The molecule has 0 fully saturated rings. The lowest BCUT2D eigenvalue weighted by molar-refractivity contribution is -0.216. The summed E-state index contributed by atoms with van der Waals surface area (Å²) in [5.74, 6) is -0.753. The van der Waals surface area contributed by atoms with Crippen LogP contribution in [0.1, 0.15) is 12.0 Å². The molecule has 0 heterocycles. The van der Waals surface area contributed by atoms with Crippen molar-refractivity contribution in [3.05, 3.63) is 35.9 Å². The largest absolute Gasteiger partial charge is 0.468 e. The van der Waals surface area contributed by atoms with Crippen LogP contribution in [0.4, 0.5) is 13.2 Å². The fourth-order valence-electron chi connectivity index (χ4n) is 1.82. The van der Waals surface area contributed by atoms with Gasteiger partial charge < -0.3 is 14.8 Å². The Morgan fingerprint density at radius 2 is 1.86 bits per heavy atom. The van der Waals surface area contributed by atoms with E-state index in [9.17, 15) is 18.0 Å². The average molecular weight is 305 g/mol. The molecule has 0 aliphatic rings. The molecule has 118 valence electrons. The summed E-state index contributed by atoms with van der Waals surface area (Å²) >= 11 is 0. The Balaban J connectivity index is 2.70. The third-order valence-corrected chi connectivity index (χ3v) is 2.98. The number of rotatable bonds is 7. The van der Waals surface area contributed by atoms with Crippen molar-refractivity contribution in [1.82, 2.24) is 5.32 Å². The number of ether oxygens (including phenoxy) is 2. The first-order chi connectivity index (χ1) is 9.88. The van der Waals surface area contributed by atoms with Crippen molar-refractivity contribution in [3.63, 3.8) is 0 Å². The first-order valence-corrected chi connectivity index (χ1v) is 6.33. The molecular weight excluding hydrogens is 287 g/mol. The van der Waals surface area contributed by atoms with Gasteiger partial charge in [-0.25, -0.2) is 0 Å². The zero-order valence-electron chi connectivity index (χ0n) is 11.8. The fourth-order valence-corrected chi connectivity index (χ4v) is 1.82. The molecule has 1 aromatic carbocycles. The second-order valence-electron chi connectivity index (χ2n) is 4.44. The van der Waals surface area contributed by atoms with Gasteiger partial charge in [-0.15, -0.1) is 0 Å². The van der Waals surface area contributed by atoms with E-state index >= 15 is 0 Å². The quantitative estimate of drug-likeness (QED) is 0.785. The lowest BCUT2D eigenvalue weighted by atomic mass is 10.1. The van der Waals surface area contributed by atoms with E-state index < -0.39 is 30.7 Å². The monoisotopic (exact) mass is 305 g/mol. The van der Waals surface area contributed by atoms with Gasteiger partial charge in [-0.1, -0.05) is 30.3 Å². The summed E-state index contributed by atoms with van der Waals surface area (Å²) in [7, 11) is 2.10. The summed E-state index contributed by atoms with van der Waals surface area (Å²) in [6.45, 7) is 0.259. The summed E-state index contributed by atoms with van der Waals surface area (Å²) in [5.41, 5.74) is 0.854. The molecule has 0 saturated heterocycles. The Hall–Kier alpha value is -1.60. The van der Waals surface area contributed by atoms with Gasteiger partial charge in [-0.2, -0.15) is 13.2 Å². The van der Waals surface area contributed by atoms with Gasteiger partial charge in [0.15, 0.2) is 6.10 Å². The van der Waals surface area contributed by atoms with Crippen molar-refractivity contribution in [2.24, 2.45) is 0 Å². The summed E-state index contributed by atoms with van der Waals surface area (Å²) < 4.78 is 47.1. The van der Waals surface area contributed by atoms with Gasteiger partial charge in [0.25, 0.3) is 0 Å². The van der Waals surface area contributed by atoms with Crippen molar-refractivity contribution < 1.29 is 27.4 Å². The van der Waals surface area contributed by atoms with Crippen LogP contribution in [-0.4, -0.2) is 38.5 Å². The minimum Gasteiger partial charge on any atom is -0.468 e. The minimum absolute atomic E-state index is 0.259. The molecular formula is C14H18F3NO3. The summed E-state index contributed by atoms with van der Waals surface area (Å²) in [6, 6.07) is 7.95. The fraction of sp³-hybridized carbons (Fsp3) is 0.500. The molecule has 0 spiro atoms. The zero-order chi connectivity index (χ0) is 15.9. The highest BCUT2D eigenvalue weighted by molar-refractivity contribution is 5.75. The van der Waals surface area contributed by atoms with E-state index in [0.29, 0.717) is 0 Å². The first kappa shape index (κ1) is 17.5. The van der Waals surface area contributed by atoms with Crippen LogP contribution in [0, 0.1) is 0 Å². The number of carbonyl (C=O) groups is 1. The van der Waals surface area contributed by atoms with Gasteiger partial charge >= 0.3 is 12.1 Å². The average Bonchev–Trinajstić information content (AvgIpc) is 2.46. The molecule has 7 heteroatoms. The van der Waals surface area contributed by atoms with Crippen molar-refractivity contribution in [2.45, 2.75) is 31.3 Å². The van der Waals surface area contributed by atoms with Crippen LogP contribution < -0.4 is 5.32 Å². The Morgan fingerprint density at radius 1 is 1.24 bits per heavy atom.